The fraction of sp³-hybridized carbons (Fsp3) is 0.522. The molecule has 4 rings (SSSR count). The van der Waals surface area contributed by atoms with Crippen LogP contribution < -0.4 is 0 Å². The molecule has 0 aliphatic carbocycles. The predicted molar refractivity (Wildman–Crippen MR) is 116 cm³/mol. The molecule has 0 aromatic carbocycles. The average Bonchev–Trinajstić information content (AvgIpc) is 3.24. The Labute approximate surface area is 185 Å². The molecule has 0 bridgehead atoms. The van der Waals surface area contributed by atoms with Gasteiger partial charge in [0.1, 0.15) is 12.0 Å². The number of alkyl halides is 2. The topological polar surface area (TPSA) is 76.3 Å². The molecule has 3 aromatic heterocycles. The Morgan fingerprint density at radius 1 is 1.19 bits per heavy atom. The standard InChI is InChI=1S/C23H28F2N6O/c1-4-5-6-16-7-8-30(22(32)17-9-14(2)28-15(3)10-17)12-18(16)20-11-19(21(24)25)29-23-26-13-27-31(20)23/h9-11,13,16,18,21H,4-8,12H2,1-3H3/t16-,18-/m0/s1. The summed E-state index contributed by atoms with van der Waals surface area (Å²) in [6, 6.07) is 5.03. The summed E-state index contributed by atoms with van der Waals surface area (Å²) < 4.78 is 28.7. The van der Waals surface area contributed by atoms with E-state index in [1.165, 1.54) is 12.4 Å². The second kappa shape index (κ2) is 9.26. The molecular formula is C23H28F2N6O. The Kier molecular flexibility index (Phi) is 6.43. The third-order valence-electron chi connectivity index (χ3n) is 6.20. The lowest BCUT2D eigenvalue weighted by molar-refractivity contribution is 0.0648. The van der Waals surface area contributed by atoms with Crippen LogP contribution in [-0.4, -0.2) is 48.5 Å². The number of hydrogen-bond donors (Lipinski definition) is 0. The number of aromatic nitrogens is 5. The van der Waals surface area contributed by atoms with Gasteiger partial charge in [-0.2, -0.15) is 10.1 Å². The van der Waals surface area contributed by atoms with E-state index in [9.17, 15) is 13.6 Å². The van der Waals surface area contributed by atoms with E-state index in [0.29, 0.717) is 24.3 Å². The van der Waals surface area contributed by atoms with Crippen molar-refractivity contribution in [2.24, 2.45) is 5.92 Å². The molecule has 1 aliphatic rings. The molecule has 7 nitrogen and oxygen atoms in total. The number of amides is 1. The van der Waals surface area contributed by atoms with Crippen molar-refractivity contribution in [3.63, 3.8) is 0 Å². The largest absolute Gasteiger partial charge is 0.338 e. The third kappa shape index (κ3) is 4.47. The number of halogens is 2. The fourth-order valence-corrected chi connectivity index (χ4v) is 4.70. The van der Waals surface area contributed by atoms with Gasteiger partial charge in [-0.25, -0.2) is 18.3 Å². The summed E-state index contributed by atoms with van der Waals surface area (Å²) in [6.07, 6.45) is 2.51. The van der Waals surface area contributed by atoms with Crippen molar-refractivity contribution in [2.45, 2.75) is 58.8 Å². The van der Waals surface area contributed by atoms with E-state index in [-0.39, 0.29) is 29.2 Å². The van der Waals surface area contributed by atoms with Crippen LogP contribution in [0.15, 0.2) is 24.5 Å². The number of unbranched alkanes of at least 4 members (excludes halogenated alkanes) is 1. The van der Waals surface area contributed by atoms with Gasteiger partial charge in [-0.1, -0.05) is 19.8 Å². The van der Waals surface area contributed by atoms with Crippen LogP contribution in [0.2, 0.25) is 0 Å². The minimum Gasteiger partial charge on any atom is -0.338 e. The third-order valence-corrected chi connectivity index (χ3v) is 6.20. The molecule has 2 atom stereocenters. The molecule has 0 spiro atoms. The monoisotopic (exact) mass is 442 g/mol. The van der Waals surface area contributed by atoms with Crippen LogP contribution in [0.1, 0.15) is 78.1 Å². The lowest BCUT2D eigenvalue weighted by Crippen LogP contribution is -2.43. The van der Waals surface area contributed by atoms with Crippen molar-refractivity contribution in [1.82, 2.24) is 29.5 Å². The maximum absolute atomic E-state index is 13.6. The van der Waals surface area contributed by atoms with Crippen LogP contribution in [0.5, 0.6) is 0 Å². The highest BCUT2D eigenvalue weighted by Gasteiger charge is 2.35. The van der Waals surface area contributed by atoms with E-state index in [1.54, 1.807) is 16.6 Å². The molecule has 4 heterocycles. The van der Waals surface area contributed by atoms with Gasteiger partial charge >= 0.3 is 0 Å². The first-order valence-electron chi connectivity index (χ1n) is 11.1. The zero-order chi connectivity index (χ0) is 22.8. The molecule has 9 heteroatoms. The Hall–Kier alpha value is -2.97. The lowest BCUT2D eigenvalue weighted by Gasteiger charge is -2.39. The maximum atomic E-state index is 13.6. The predicted octanol–water partition coefficient (Wildman–Crippen LogP) is 4.51. The van der Waals surface area contributed by atoms with E-state index < -0.39 is 6.43 Å². The van der Waals surface area contributed by atoms with E-state index in [4.69, 9.17) is 0 Å². The van der Waals surface area contributed by atoms with E-state index in [1.807, 2.05) is 18.7 Å². The summed E-state index contributed by atoms with van der Waals surface area (Å²) in [5, 5.41) is 4.25. The molecule has 0 unspecified atom stereocenters. The Morgan fingerprint density at radius 2 is 1.94 bits per heavy atom. The van der Waals surface area contributed by atoms with E-state index in [2.05, 4.69) is 27.0 Å². The molecule has 170 valence electrons. The van der Waals surface area contributed by atoms with Crippen LogP contribution >= 0.6 is 0 Å². The van der Waals surface area contributed by atoms with Gasteiger partial charge in [-0.15, -0.1) is 0 Å². The average molecular weight is 443 g/mol. The number of carbonyl (C=O) groups excluding carboxylic acids is 1. The zero-order valence-corrected chi connectivity index (χ0v) is 18.6. The van der Waals surface area contributed by atoms with E-state index in [0.717, 1.165) is 37.1 Å². The first kappa shape index (κ1) is 22.2. The SMILES string of the molecule is CCCC[C@H]1CCN(C(=O)c2cc(C)nc(C)c2)C[C@@H]1c1cc(C(F)F)nc2ncnn12. The van der Waals surface area contributed by atoms with Crippen molar-refractivity contribution < 1.29 is 13.6 Å². The molecule has 0 radical (unpaired) electrons. The van der Waals surface area contributed by atoms with Crippen LogP contribution in [0.3, 0.4) is 0 Å². The summed E-state index contributed by atoms with van der Waals surface area (Å²) in [5.74, 6) is 0.236. The number of aryl methyl sites for hydroxylation is 2. The highest BCUT2D eigenvalue weighted by molar-refractivity contribution is 5.94. The summed E-state index contributed by atoms with van der Waals surface area (Å²) in [7, 11) is 0. The molecule has 32 heavy (non-hydrogen) atoms. The number of likely N-dealkylation sites (tertiary alicyclic amines) is 1. The number of nitrogens with zero attached hydrogens (tertiary/aromatic N) is 6. The Bertz CT molecular complexity index is 1090. The molecule has 0 N–H and O–H groups in total. The van der Waals surface area contributed by atoms with Gasteiger partial charge in [0, 0.05) is 36.0 Å². The zero-order valence-electron chi connectivity index (χ0n) is 18.6. The second-order valence-electron chi connectivity index (χ2n) is 8.57. The molecular weight excluding hydrogens is 414 g/mol. The minimum atomic E-state index is -2.70. The Morgan fingerprint density at radius 3 is 2.62 bits per heavy atom. The van der Waals surface area contributed by atoms with Gasteiger partial charge in [0.05, 0.1) is 5.69 Å². The number of rotatable bonds is 6. The normalized spacial score (nSPS) is 19.1. The van der Waals surface area contributed by atoms with Gasteiger partial charge in [0.15, 0.2) is 0 Å². The number of hydrogen-bond acceptors (Lipinski definition) is 5. The molecule has 1 saturated heterocycles. The lowest BCUT2D eigenvalue weighted by atomic mass is 9.79. The van der Waals surface area contributed by atoms with Crippen molar-refractivity contribution in [1.29, 1.82) is 0 Å². The summed E-state index contributed by atoms with van der Waals surface area (Å²) in [5.41, 5.74) is 2.53. The van der Waals surface area contributed by atoms with Crippen molar-refractivity contribution in [3.05, 3.63) is 52.9 Å². The molecule has 1 fully saturated rings. The first-order valence-corrected chi connectivity index (χ1v) is 11.1. The number of carbonyl (C=O) groups is 1. The van der Waals surface area contributed by atoms with Gasteiger partial charge in [-0.3, -0.25) is 9.78 Å². The Balaban J connectivity index is 1.71. The maximum Gasteiger partial charge on any atom is 0.280 e. The van der Waals surface area contributed by atoms with Gasteiger partial charge < -0.3 is 4.90 Å². The molecule has 1 amide bonds. The van der Waals surface area contributed by atoms with Gasteiger partial charge in [-0.05, 0) is 50.8 Å². The summed E-state index contributed by atoms with van der Waals surface area (Å²) >= 11 is 0. The molecule has 1 aliphatic heterocycles. The van der Waals surface area contributed by atoms with Crippen LogP contribution in [-0.2, 0) is 0 Å². The van der Waals surface area contributed by atoms with Crippen LogP contribution in [0.25, 0.3) is 5.78 Å². The summed E-state index contributed by atoms with van der Waals surface area (Å²) in [4.78, 5) is 27.5. The molecule has 3 aromatic rings. The highest BCUT2D eigenvalue weighted by atomic mass is 19.3. The quantitative estimate of drug-likeness (QED) is 0.561. The van der Waals surface area contributed by atoms with Crippen molar-refractivity contribution in [3.8, 4) is 0 Å². The van der Waals surface area contributed by atoms with E-state index >= 15 is 0 Å². The fourth-order valence-electron chi connectivity index (χ4n) is 4.70. The number of fused-ring (bicyclic) bond motifs is 1. The minimum absolute atomic E-state index is 0.0597. The highest BCUT2D eigenvalue weighted by Crippen LogP contribution is 2.37. The van der Waals surface area contributed by atoms with Crippen molar-refractivity contribution >= 4 is 11.7 Å². The van der Waals surface area contributed by atoms with Crippen LogP contribution in [0, 0.1) is 19.8 Å². The summed E-state index contributed by atoms with van der Waals surface area (Å²) in [6.45, 7) is 6.95. The number of piperidine rings is 1. The van der Waals surface area contributed by atoms with Gasteiger partial charge in [0.25, 0.3) is 18.1 Å². The molecule has 0 saturated carbocycles. The first-order chi connectivity index (χ1) is 15.4. The van der Waals surface area contributed by atoms with Crippen LogP contribution in [0.4, 0.5) is 8.78 Å². The van der Waals surface area contributed by atoms with Crippen molar-refractivity contribution in [2.75, 3.05) is 13.1 Å². The smallest absolute Gasteiger partial charge is 0.280 e. The number of pyridine rings is 1. The second-order valence-corrected chi connectivity index (χ2v) is 8.57. The van der Waals surface area contributed by atoms with Gasteiger partial charge in [0.2, 0.25) is 0 Å².